The molecule has 0 aliphatic heterocycles. The average molecular weight is 157 g/mol. The molecule has 0 amide bonds. The van der Waals surface area contributed by atoms with E-state index in [1.54, 1.807) is 18.5 Å². The summed E-state index contributed by atoms with van der Waals surface area (Å²) < 4.78 is 0. The number of pyridine rings is 1. The molecule has 2 aromatic heterocycles. The Bertz CT molecular complexity index is 308. The molecule has 0 fully saturated rings. The molecule has 4 nitrogen and oxygen atoms in total. The van der Waals surface area contributed by atoms with Gasteiger partial charge in [0.1, 0.15) is 0 Å². The number of hydrogen-bond acceptors (Lipinski definition) is 4. The van der Waals surface area contributed by atoms with E-state index >= 15 is 0 Å². The van der Waals surface area contributed by atoms with E-state index < -0.39 is 0 Å². The lowest BCUT2D eigenvalue weighted by Gasteiger charge is -1.94. The zero-order valence-electron chi connectivity index (χ0n) is 6.18. The Morgan fingerprint density at radius 2 is 2.17 bits per heavy atom. The molecule has 2 rings (SSSR count). The van der Waals surface area contributed by atoms with Crippen molar-refractivity contribution in [2.24, 2.45) is 0 Å². The Labute approximate surface area is 69.3 Å². The molecule has 0 N–H and O–H groups in total. The van der Waals surface area contributed by atoms with Crippen LogP contribution in [0.25, 0.3) is 11.3 Å². The van der Waals surface area contributed by atoms with E-state index in [1.165, 1.54) is 0 Å². The first kappa shape index (κ1) is 6.84. The summed E-state index contributed by atoms with van der Waals surface area (Å²) in [6.45, 7) is 0. The molecule has 0 aliphatic rings. The van der Waals surface area contributed by atoms with Crippen molar-refractivity contribution in [3.8, 4) is 11.3 Å². The first-order valence-electron chi connectivity index (χ1n) is 3.44. The normalized spacial score (nSPS) is 9.67. The van der Waals surface area contributed by atoms with Crippen LogP contribution in [0.1, 0.15) is 0 Å². The van der Waals surface area contributed by atoms with Crippen LogP contribution in [-0.2, 0) is 0 Å². The maximum Gasteiger partial charge on any atom is 0.0987 e. The van der Waals surface area contributed by atoms with Crippen LogP contribution in [0.5, 0.6) is 0 Å². The Balaban J connectivity index is 2.46. The third-order valence-corrected chi connectivity index (χ3v) is 1.39. The van der Waals surface area contributed by atoms with Crippen molar-refractivity contribution in [1.82, 2.24) is 20.4 Å². The molecule has 0 aromatic carbocycles. The number of hydrogen-bond donors (Lipinski definition) is 0. The van der Waals surface area contributed by atoms with Crippen LogP contribution in [0, 0.1) is 6.20 Å². The molecule has 57 valence electrons. The highest BCUT2D eigenvalue weighted by Gasteiger charge is 1.97. The summed E-state index contributed by atoms with van der Waals surface area (Å²) in [5.74, 6) is 0. The van der Waals surface area contributed by atoms with Gasteiger partial charge < -0.3 is 0 Å². The van der Waals surface area contributed by atoms with E-state index in [9.17, 15) is 0 Å². The smallest absolute Gasteiger partial charge is 0.0987 e. The van der Waals surface area contributed by atoms with Crippen molar-refractivity contribution in [3.63, 3.8) is 0 Å². The third-order valence-electron chi connectivity index (χ3n) is 1.39. The van der Waals surface area contributed by atoms with Crippen molar-refractivity contribution in [1.29, 1.82) is 0 Å². The molecule has 4 heteroatoms. The predicted molar refractivity (Wildman–Crippen MR) is 41.9 cm³/mol. The molecule has 0 saturated heterocycles. The summed E-state index contributed by atoms with van der Waals surface area (Å²) in [6, 6.07) is 5.46. The van der Waals surface area contributed by atoms with Crippen LogP contribution < -0.4 is 0 Å². The molecule has 2 heterocycles. The van der Waals surface area contributed by atoms with Gasteiger partial charge in [-0.1, -0.05) is 0 Å². The zero-order chi connectivity index (χ0) is 8.23. The molecule has 1 radical (unpaired) electrons. The molecule has 12 heavy (non-hydrogen) atoms. The molecule has 0 saturated carbocycles. The lowest BCUT2D eigenvalue weighted by atomic mass is 10.2. The quantitative estimate of drug-likeness (QED) is 0.612. The van der Waals surface area contributed by atoms with Crippen LogP contribution in [0.2, 0.25) is 0 Å². The van der Waals surface area contributed by atoms with Gasteiger partial charge in [0.25, 0.3) is 0 Å². The van der Waals surface area contributed by atoms with E-state index in [2.05, 4.69) is 26.6 Å². The molecule has 0 spiro atoms. The highest BCUT2D eigenvalue weighted by Crippen LogP contribution is 2.10. The maximum atomic E-state index is 3.85. The fourth-order valence-corrected chi connectivity index (χ4v) is 0.854. The molecule has 2 aromatic rings. The summed E-state index contributed by atoms with van der Waals surface area (Å²) in [5.41, 5.74) is 1.56. The number of rotatable bonds is 1. The Morgan fingerprint density at radius 1 is 1.17 bits per heavy atom. The van der Waals surface area contributed by atoms with Crippen LogP contribution in [0.4, 0.5) is 0 Å². The minimum absolute atomic E-state index is 0.734. The first-order valence-corrected chi connectivity index (χ1v) is 3.44. The first-order chi connectivity index (χ1) is 5.97. The highest BCUT2D eigenvalue weighted by atomic mass is 15.3. The summed E-state index contributed by atoms with van der Waals surface area (Å²) in [7, 11) is 0. The van der Waals surface area contributed by atoms with Gasteiger partial charge in [-0.05, 0) is 23.4 Å². The molecular weight excluding hydrogens is 152 g/mol. The van der Waals surface area contributed by atoms with Gasteiger partial charge >= 0.3 is 0 Å². The van der Waals surface area contributed by atoms with Crippen molar-refractivity contribution in [2.75, 3.05) is 0 Å². The lowest BCUT2D eigenvalue weighted by molar-refractivity contribution is 0.870. The number of nitrogens with zero attached hydrogens (tertiary/aromatic N) is 4. The Kier molecular flexibility index (Phi) is 1.74. The van der Waals surface area contributed by atoms with Crippen LogP contribution >= 0.6 is 0 Å². The van der Waals surface area contributed by atoms with Gasteiger partial charge in [0.2, 0.25) is 0 Å². The largest absolute Gasteiger partial charge is 0.254 e. The second-order valence-corrected chi connectivity index (χ2v) is 2.17. The summed E-state index contributed by atoms with van der Waals surface area (Å²) in [6.07, 6.45) is 6.06. The van der Waals surface area contributed by atoms with Gasteiger partial charge in [0, 0.05) is 11.8 Å². The Hall–Kier alpha value is -1.84. The Morgan fingerprint density at radius 3 is 2.83 bits per heavy atom. The minimum Gasteiger partial charge on any atom is -0.254 e. The second-order valence-electron chi connectivity index (χ2n) is 2.17. The fourth-order valence-electron chi connectivity index (χ4n) is 0.854. The van der Waals surface area contributed by atoms with E-state index in [1.807, 2.05) is 12.1 Å². The van der Waals surface area contributed by atoms with Gasteiger partial charge in [-0.15, -0.1) is 10.2 Å². The van der Waals surface area contributed by atoms with Gasteiger partial charge in [-0.25, -0.2) is 0 Å². The highest BCUT2D eigenvalue weighted by molar-refractivity contribution is 5.55. The van der Waals surface area contributed by atoms with Gasteiger partial charge in [-0.3, -0.25) is 4.98 Å². The van der Waals surface area contributed by atoms with Gasteiger partial charge in [-0.2, -0.15) is 0 Å². The van der Waals surface area contributed by atoms with Crippen molar-refractivity contribution < 1.29 is 0 Å². The van der Waals surface area contributed by atoms with Crippen molar-refractivity contribution in [3.05, 3.63) is 36.8 Å². The zero-order valence-corrected chi connectivity index (χ0v) is 6.18. The monoisotopic (exact) mass is 157 g/mol. The van der Waals surface area contributed by atoms with E-state index in [4.69, 9.17) is 0 Å². The van der Waals surface area contributed by atoms with Gasteiger partial charge in [0.05, 0.1) is 18.1 Å². The van der Waals surface area contributed by atoms with Crippen molar-refractivity contribution >= 4 is 0 Å². The topological polar surface area (TPSA) is 51.6 Å². The van der Waals surface area contributed by atoms with Crippen LogP contribution in [0.15, 0.2) is 30.6 Å². The molecule has 0 bridgehead atoms. The van der Waals surface area contributed by atoms with E-state index in [-0.39, 0.29) is 0 Å². The lowest BCUT2D eigenvalue weighted by Crippen LogP contribution is -1.89. The number of aromatic nitrogens is 4. The molecule has 0 aliphatic carbocycles. The summed E-state index contributed by atoms with van der Waals surface area (Å²) >= 11 is 0. The standard InChI is InChI=1S/C8H5N4/c1-2-7(6-9-4-1)8-3-5-10-12-11-8/h1-5H. The molecular formula is C8H5N4. The van der Waals surface area contributed by atoms with Gasteiger partial charge in [0.15, 0.2) is 0 Å². The van der Waals surface area contributed by atoms with Crippen LogP contribution in [-0.4, -0.2) is 20.4 Å². The SMILES string of the molecule is [c]1ncccc1-c1ccnnn1. The average Bonchev–Trinajstić information content (AvgIpc) is 2.21. The van der Waals surface area contributed by atoms with E-state index in [0.717, 1.165) is 11.3 Å². The molecule has 0 unspecified atom stereocenters. The summed E-state index contributed by atoms with van der Waals surface area (Å²) in [5, 5.41) is 10.9. The fraction of sp³-hybridized carbons (Fsp3) is 0. The maximum absolute atomic E-state index is 3.85. The van der Waals surface area contributed by atoms with Crippen LogP contribution in [0.3, 0.4) is 0 Å². The minimum atomic E-state index is 0.734. The van der Waals surface area contributed by atoms with E-state index in [0.29, 0.717) is 0 Å². The molecule has 0 atom stereocenters. The van der Waals surface area contributed by atoms with Crippen molar-refractivity contribution in [2.45, 2.75) is 0 Å². The summed E-state index contributed by atoms with van der Waals surface area (Å²) in [4.78, 5) is 3.85. The second kappa shape index (κ2) is 3.04. The third kappa shape index (κ3) is 1.27. The predicted octanol–water partition coefficient (Wildman–Crippen LogP) is 0.734.